The summed E-state index contributed by atoms with van der Waals surface area (Å²) in [5.74, 6) is -30.5. The van der Waals surface area contributed by atoms with Gasteiger partial charge < -0.3 is 24.3 Å². The lowest BCUT2D eigenvalue weighted by atomic mass is 10.1. The fourth-order valence-corrected chi connectivity index (χ4v) is 4.20. The summed E-state index contributed by atoms with van der Waals surface area (Å²) in [6.45, 7) is -0.486. The molecule has 54 heavy (non-hydrogen) atoms. The minimum Gasteiger partial charge on any atom is -0.420 e. The molecule has 0 saturated heterocycles. The number of aromatic nitrogens is 4. The molecular formula is C32H23F10N5O7. The monoisotopic (exact) mass is 779 g/mol. The zero-order chi connectivity index (χ0) is 39.7. The number of ether oxygens (including phenoxy) is 4. The molecule has 1 N–H and O–H groups in total. The number of halogens is 10. The van der Waals surface area contributed by atoms with Crippen molar-refractivity contribution in [1.82, 2.24) is 25.7 Å². The van der Waals surface area contributed by atoms with Gasteiger partial charge in [-0.1, -0.05) is 24.3 Å². The Balaban J connectivity index is 1.34. The molecule has 0 aliphatic rings. The van der Waals surface area contributed by atoms with Crippen LogP contribution in [0.15, 0.2) is 24.3 Å². The molecule has 0 unspecified atom stereocenters. The maximum atomic E-state index is 13.8. The van der Waals surface area contributed by atoms with Crippen molar-refractivity contribution in [3.8, 4) is 22.9 Å². The molecule has 0 atom stereocenters. The third-order valence-electron chi connectivity index (χ3n) is 6.83. The Hall–Kier alpha value is -5.77. The summed E-state index contributed by atoms with van der Waals surface area (Å²) in [5.41, 5.74) is 1.04. The third kappa shape index (κ3) is 10.2. The van der Waals surface area contributed by atoms with E-state index >= 15 is 0 Å². The molecule has 4 aromatic rings. The van der Waals surface area contributed by atoms with Gasteiger partial charge in [-0.2, -0.15) is 17.6 Å². The van der Waals surface area contributed by atoms with Crippen LogP contribution in [0.3, 0.4) is 0 Å². The second-order valence-corrected chi connectivity index (χ2v) is 10.8. The Bertz CT molecular complexity index is 1880. The molecule has 4 rings (SSSR count). The molecule has 3 aromatic carbocycles. The molecule has 12 nitrogen and oxygen atoms in total. The Kier molecular flexibility index (Phi) is 13.9. The van der Waals surface area contributed by atoms with Gasteiger partial charge in [0.2, 0.25) is 81.4 Å². The van der Waals surface area contributed by atoms with Crippen molar-refractivity contribution in [2.75, 3.05) is 26.4 Å². The van der Waals surface area contributed by atoms with Gasteiger partial charge in [-0.05, 0) is 12.5 Å². The van der Waals surface area contributed by atoms with Gasteiger partial charge in [0.05, 0.1) is 51.7 Å². The van der Waals surface area contributed by atoms with Crippen LogP contribution in [-0.4, -0.2) is 70.7 Å². The first-order valence-electron chi connectivity index (χ1n) is 15.1. The molecule has 0 saturated carbocycles. The molecule has 0 bridgehead atoms. The second-order valence-electron chi connectivity index (χ2n) is 10.8. The summed E-state index contributed by atoms with van der Waals surface area (Å²) in [6.07, 6.45) is -1.79. The number of carbonyl (C=O) groups excluding carboxylic acids is 3. The summed E-state index contributed by atoms with van der Waals surface area (Å²) in [6, 6.07) is 5.26. The number of nitrogens with zero attached hydrogens (tertiary/aromatic N) is 4. The number of rotatable bonds is 16. The van der Waals surface area contributed by atoms with E-state index in [0.717, 1.165) is 0 Å². The predicted octanol–water partition coefficient (Wildman–Crippen LogP) is 4.68. The van der Waals surface area contributed by atoms with Crippen molar-refractivity contribution in [1.29, 1.82) is 0 Å². The summed E-state index contributed by atoms with van der Waals surface area (Å²) >= 11 is 0. The van der Waals surface area contributed by atoms with Gasteiger partial charge in [0.1, 0.15) is 0 Å². The highest BCUT2D eigenvalue weighted by Gasteiger charge is 2.30. The highest BCUT2D eigenvalue weighted by molar-refractivity contribution is 5.79. The zero-order valence-corrected chi connectivity index (χ0v) is 27.3. The number of aryl methyl sites for hydroxylation is 1. The van der Waals surface area contributed by atoms with Crippen LogP contribution in [0.4, 0.5) is 43.9 Å². The second kappa shape index (κ2) is 18.3. The van der Waals surface area contributed by atoms with Crippen LogP contribution in [0.5, 0.6) is 11.5 Å². The number of carbonyl (C=O) groups is 3. The standard InChI is InChI=1S/C32H23F10N5O7/c1-13-44-46-32(47-45-13)15-4-2-14(3-5-15)10-17(48)43-16(11-51-8-6-18(49)53-30-26(39)22(35)20(33)23(36)27(30)40)12-52-9-7-19(50)54-31-28(41)24(37)21(34)25(38)29(31)42/h2-5,16H,6-12H2,1H3,(H,43,48). The quantitative estimate of drug-likeness (QED) is 0.0422. The normalized spacial score (nSPS) is 11.2. The van der Waals surface area contributed by atoms with Gasteiger partial charge in [0.25, 0.3) is 0 Å². The van der Waals surface area contributed by atoms with Crippen molar-refractivity contribution in [2.24, 2.45) is 0 Å². The van der Waals surface area contributed by atoms with E-state index in [9.17, 15) is 58.3 Å². The van der Waals surface area contributed by atoms with E-state index in [1.54, 1.807) is 31.2 Å². The molecule has 0 fully saturated rings. The lowest BCUT2D eigenvalue weighted by Gasteiger charge is -2.19. The van der Waals surface area contributed by atoms with Crippen molar-refractivity contribution >= 4 is 17.8 Å². The molecule has 0 radical (unpaired) electrons. The van der Waals surface area contributed by atoms with E-state index < -0.39 is 133 Å². The number of benzene rings is 3. The molecular weight excluding hydrogens is 756 g/mol. The highest BCUT2D eigenvalue weighted by atomic mass is 19.2. The molecule has 288 valence electrons. The average Bonchev–Trinajstić information content (AvgIpc) is 3.15. The van der Waals surface area contributed by atoms with E-state index in [-0.39, 0.29) is 12.2 Å². The zero-order valence-electron chi connectivity index (χ0n) is 27.3. The SMILES string of the molecule is Cc1nnc(-c2ccc(CC(=O)NC(COCCC(=O)Oc3c(F)c(F)c(F)c(F)c3F)COCCC(=O)Oc3c(F)c(F)c(F)c(F)c3F)cc2)nn1. The van der Waals surface area contributed by atoms with Crippen LogP contribution in [0.1, 0.15) is 24.2 Å². The van der Waals surface area contributed by atoms with Crippen molar-refractivity contribution in [2.45, 2.75) is 32.2 Å². The number of amides is 1. The summed E-state index contributed by atoms with van der Waals surface area (Å²) in [5, 5.41) is 18.0. The van der Waals surface area contributed by atoms with Crippen molar-refractivity contribution < 1.29 is 77.2 Å². The molecule has 0 aliphatic carbocycles. The number of hydrogen-bond donors (Lipinski definition) is 1. The van der Waals surface area contributed by atoms with Crippen LogP contribution >= 0.6 is 0 Å². The first-order valence-corrected chi connectivity index (χ1v) is 15.1. The van der Waals surface area contributed by atoms with E-state index in [1.807, 2.05) is 0 Å². The van der Waals surface area contributed by atoms with Crippen molar-refractivity contribution in [3.63, 3.8) is 0 Å². The smallest absolute Gasteiger partial charge is 0.313 e. The Morgan fingerprint density at radius 2 is 0.981 bits per heavy atom. The van der Waals surface area contributed by atoms with Gasteiger partial charge in [0.15, 0.2) is 5.82 Å². The molecule has 22 heteroatoms. The Morgan fingerprint density at radius 3 is 1.39 bits per heavy atom. The van der Waals surface area contributed by atoms with Gasteiger partial charge in [-0.3, -0.25) is 14.4 Å². The van der Waals surface area contributed by atoms with Gasteiger partial charge in [0, 0.05) is 5.56 Å². The number of nitrogens with one attached hydrogen (secondary N) is 1. The lowest BCUT2D eigenvalue weighted by molar-refractivity contribution is -0.136. The molecule has 0 spiro atoms. The Labute approximate surface area is 296 Å². The number of esters is 2. The van der Waals surface area contributed by atoms with Gasteiger partial charge >= 0.3 is 11.9 Å². The van der Waals surface area contributed by atoms with E-state index in [4.69, 9.17) is 9.47 Å². The van der Waals surface area contributed by atoms with Crippen molar-refractivity contribution in [3.05, 3.63) is 93.8 Å². The largest absolute Gasteiger partial charge is 0.420 e. The molecule has 0 aliphatic heterocycles. The van der Waals surface area contributed by atoms with E-state index in [2.05, 4.69) is 35.2 Å². The average molecular weight is 780 g/mol. The minimum atomic E-state index is -2.47. The van der Waals surface area contributed by atoms with Crippen LogP contribution in [0.2, 0.25) is 0 Å². The van der Waals surface area contributed by atoms with Crippen LogP contribution < -0.4 is 14.8 Å². The lowest BCUT2D eigenvalue weighted by Crippen LogP contribution is -2.42. The van der Waals surface area contributed by atoms with Crippen LogP contribution in [0, 0.1) is 65.1 Å². The van der Waals surface area contributed by atoms with Crippen LogP contribution in [-0.2, 0) is 30.3 Å². The fourth-order valence-electron chi connectivity index (χ4n) is 4.20. The molecule has 1 amide bonds. The predicted molar refractivity (Wildman–Crippen MR) is 158 cm³/mol. The molecule has 1 aromatic heterocycles. The van der Waals surface area contributed by atoms with Gasteiger partial charge in [-0.15, -0.1) is 20.4 Å². The van der Waals surface area contributed by atoms with Gasteiger partial charge in [-0.25, -0.2) is 26.3 Å². The Morgan fingerprint density at radius 1 is 0.593 bits per heavy atom. The fraction of sp³-hybridized carbons (Fsp3) is 0.281. The van der Waals surface area contributed by atoms with Crippen LogP contribution in [0.25, 0.3) is 11.4 Å². The minimum absolute atomic E-state index is 0.218. The third-order valence-corrected chi connectivity index (χ3v) is 6.83. The summed E-state index contributed by atoms with van der Waals surface area (Å²) in [7, 11) is 0. The number of hydrogen-bond acceptors (Lipinski definition) is 11. The maximum absolute atomic E-state index is 13.8. The maximum Gasteiger partial charge on any atom is 0.313 e. The highest BCUT2D eigenvalue weighted by Crippen LogP contribution is 2.30. The topological polar surface area (TPSA) is 152 Å². The first-order chi connectivity index (χ1) is 25.6. The van der Waals surface area contributed by atoms with E-state index in [0.29, 0.717) is 17.0 Å². The van der Waals surface area contributed by atoms with E-state index in [1.165, 1.54) is 0 Å². The summed E-state index contributed by atoms with van der Waals surface area (Å²) in [4.78, 5) is 36.9. The summed E-state index contributed by atoms with van der Waals surface area (Å²) < 4.78 is 155. The first kappa shape index (κ1) is 41.0. The molecule has 1 heterocycles.